The summed E-state index contributed by atoms with van der Waals surface area (Å²) in [6, 6.07) is 10.7. The molecule has 1 aromatic heterocycles. The SMILES string of the molecule is CCN(CC)S(=O)(=O)N1CCCC(c2cc(Cc3cccc(F)c3)cc(C)n2)C1. The minimum atomic E-state index is -3.44. The topological polar surface area (TPSA) is 53.5 Å². The first kappa shape index (κ1) is 21.9. The van der Waals surface area contributed by atoms with E-state index in [1.54, 1.807) is 16.4 Å². The first-order chi connectivity index (χ1) is 13.8. The second-order valence-electron chi connectivity index (χ2n) is 7.64. The van der Waals surface area contributed by atoms with Crippen LogP contribution in [0.4, 0.5) is 4.39 Å². The van der Waals surface area contributed by atoms with E-state index in [-0.39, 0.29) is 11.7 Å². The van der Waals surface area contributed by atoms with Gasteiger partial charge in [-0.2, -0.15) is 17.0 Å². The Labute approximate surface area is 173 Å². The molecule has 0 radical (unpaired) electrons. The maximum Gasteiger partial charge on any atom is 0.281 e. The number of hydrogen-bond donors (Lipinski definition) is 0. The highest BCUT2D eigenvalue weighted by molar-refractivity contribution is 7.86. The number of benzene rings is 1. The highest BCUT2D eigenvalue weighted by Crippen LogP contribution is 2.29. The van der Waals surface area contributed by atoms with Gasteiger partial charge in [-0.15, -0.1) is 0 Å². The Morgan fingerprint density at radius 1 is 1.17 bits per heavy atom. The standard InChI is InChI=1S/C22H30FN3O2S/c1-4-25(5-2)29(27,28)26-11-7-9-20(16-26)22-15-19(12-17(3)24-22)13-18-8-6-10-21(23)14-18/h6,8,10,12,14-15,20H,4-5,7,9,11,13,16H2,1-3H3. The average molecular weight is 420 g/mol. The molecule has 29 heavy (non-hydrogen) atoms. The van der Waals surface area contributed by atoms with Crippen LogP contribution in [0.1, 0.15) is 55.1 Å². The lowest BCUT2D eigenvalue weighted by molar-refractivity contribution is 0.285. The Morgan fingerprint density at radius 3 is 2.62 bits per heavy atom. The normalized spacial score (nSPS) is 18.3. The molecule has 0 N–H and O–H groups in total. The summed E-state index contributed by atoms with van der Waals surface area (Å²) in [5, 5.41) is 0. The van der Waals surface area contributed by atoms with Gasteiger partial charge < -0.3 is 0 Å². The van der Waals surface area contributed by atoms with Crippen molar-refractivity contribution in [3.05, 3.63) is 64.7 Å². The molecule has 0 spiro atoms. The minimum Gasteiger partial charge on any atom is -0.258 e. The summed E-state index contributed by atoms with van der Waals surface area (Å²) in [6.45, 7) is 7.63. The molecule has 1 fully saturated rings. The number of aromatic nitrogens is 1. The highest BCUT2D eigenvalue weighted by atomic mass is 32.2. The van der Waals surface area contributed by atoms with Crippen LogP contribution in [0.2, 0.25) is 0 Å². The Morgan fingerprint density at radius 2 is 1.93 bits per heavy atom. The van der Waals surface area contributed by atoms with E-state index in [0.29, 0.717) is 32.6 Å². The molecule has 5 nitrogen and oxygen atoms in total. The zero-order valence-electron chi connectivity index (χ0n) is 17.4. The summed E-state index contributed by atoms with van der Waals surface area (Å²) >= 11 is 0. The monoisotopic (exact) mass is 419 g/mol. The molecular weight excluding hydrogens is 389 g/mol. The zero-order valence-corrected chi connectivity index (χ0v) is 18.3. The smallest absolute Gasteiger partial charge is 0.258 e. The van der Waals surface area contributed by atoms with Crippen molar-refractivity contribution < 1.29 is 12.8 Å². The van der Waals surface area contributed by atoms with E-state index in [2.05, 4.69) is 6.07 Å². The van der Waals surface area contributed by atoms with Crippen LogP contribution in [-0.2, 0) is 16.6 Å². The molecular formula is C22H30FN3O2S. The van der Waals surface area contributed by atoms with Crippen LogP contribution in [0, 0.1) is 12.7 Å². The van der Waals surface area contributed by atoms with Crippen molar-refractivity contribution in [1.29, 1.82) is 0 Å². The predicted octanol–water partition coefficient (Wildman–Crippen LogP) is 3.89. The molecule has 1 aliphatic rings. The van der Waals surface area contributed by atoms with Gasteiger partial charge >= 0.3 is 0 Å². The van der Waals surface area contributed by atoms with E-state index in [1.165, 1.54) is 10.4 Å². The van der Waals surface area contributed by atoms with Gasteiger partial charge in [0.1, 0.15) is 5.82 Å². The second kappa shape index (κ2) is 9.32. The molecule has 0 amide bonds. The van der Waals surface area contributed by atoms with E-state index in [1.807, 2.05) is 32.9 Å². The van der Waals surface area contributed by atoms with Crippen LogP contribution >= 0.6 is 0 Å². The Hall–Kier alpha value is -1.83. The first-order valence-electron chi connectivity index (χ1n) is 10.3. The van der Waals surface area contributed by atoms with Gasteiger partial charge in [0, 0.05) is 43.5 Å². The highest BCUT2D eigenvalue weighted by Gasteiger charge is 2.33. The number of hydrogen-bond acceptors (Lipinski definition) is 3. The largest absolute Gasteiger partial charge is 0.281 e. The molecule has 158 valence electrons. The van der Waals surface area contributed by atoms with Crippen LogP contribution < -0.4 is 0 Å². The summed E-state index contributed by atoms with van der Waals surface area (Å²) in [4.78, 5) is 4.71. The molecule has 0 saturated carbocycles. The maximum absolute atomic E-state index is 13.5. The van der Waals surface area contributed by atoms with Gasteiger partial charge in [0.25, 0.3) is 10.2 Å². The first-order valence-corrected chi connectivity index (χ1v) is 11.7. The number of pyridine rings is 1. The molecule has 0 aliphatic carbocycles. The Balaban J connectivity index is 1.82. The Bertz CT molecular complexity index is 945. The van der Waals surface area contributed by atoms with Crippen molar-refractivity contribution in [2.75, 3.05) is 26.2 Å². The van der Waals surface area contributed by atoms with Gasteiger partial charge in [0.2, 0.25) is 0 Å². The van der Waals surface area contributed by atoms with E-state index >= 15 is 0 Å². The lowest BCUT2D eigenvalue weighted by atomic mass is 9.93. The summed E-state index contributed by atoms with van der Waals surface area (Å²) in [6.07, 6.45) is 2.36. The lowest BCUT2D eigenvalue weighted by Gasteiger charge is -2.35. The van der Waals surface area contributed by atoms with Crippen LogP contribution in [0.25, 0.3) is 0 Å². The van der Waals surface area contributed by atoms with Crippen LogP contribution in [-0.4, -0.2) is 48.2 Å². The number of piperidine rings is 1. The number of nitrogens with zero attached hydrogens (tertiary/aromatic N) is 3. The predicted molar refractivity (Wildman–Crippen MR) is 114 cm³/mol. The van der Waals surface area contributed by atoms with Gasteiger partial charge in [-0.25, -0.2) is 4.39 Å². The van der Waals surface area contributed by atoms with Gasteiger partial charge in [-0.05, 0) is 61.6 Å². The second-order valence-corrected chi connectivity index (χ2v) is 9.57. The van der Waals surface area contributed by atoms with Crippen molar-refractivity contribution in [1.82, 2.24) is 13.6 Å². The van der Waals surface area contributed by atoms with Gasteiger partial charge in [0.15, 0.2) is 0 Å². The third-order valence-electron chi connectivity index (χ3n) is 5.49. The molecule has 1 aliphatic heterocycles. The summed E-state index contributed by atoms with van der Waals surface area (Å²) in [5.74, 6) is -0.168. The molecule has 3 rings (SSSR count). The molecule has 0 bridgehead atoms. The fraction of sp³-hybridized carbons (Fsp3) is 0.500. The summed E-state index contributed by atoms with van der Waals surface area (Å²) in [5.41, 5.74) is 3.81. The van der Waals surface area contributed by atoms with Crippen molar-refractivity contribution in [2.24, 2.45) is 0 Å². The lowest BCUT2D eigenvalue weighted by Crippen LogP contribution is -2.47. The maximum atomic E-state index is 13.5. The van der Waals surface area contributed by atoms with Crippen molar-refractivity contribution in [3.8, 4) is 0 Å². The van der Waals surface area contributed by atoms with E-state index in [9.17, 15) is 12.8 Å². The zero-order chi connectivity index (χ0) is 21.0. The van der Waals surface area contributed by atoms with E-state index < -0.39 is 10.2 Å². The minimum absolute atomic E-state index is 0.0697. The fourth-order valence-corrected chi connectivity index (χ4v) is 5.78. The number of rotatable bonds is 7. The molecule has 1 unspecified atom stereocenters. The quantitative estimate of drug-likeness (QED) is 0.684. The van der Waals surface area contributed by atoms with E-state index in [0.717, 1.165) is 35.4 Å². The number of halogens is 1. The fourth-order valence-electron chi connectivity index (χ4n) is 4.07. The number of aryl methyl sites for hydroxylation is 1. The summed E-state index contributed by atoms with van der Waals surface area (Å²) < 4.78 is 42.5. The van der Waals surface area contributed by atoms with Gasteiger partial charge in [0.05, 0.1) is 0 Å². The molecule has 1 aromatic carbocycles. The van der Waals surface area contributed by atoms with Crippen molar-refractivity contribution in [3.63, 3.8) is 0 Å². The van der Waals surface area contributed by atoms with E-state index in [4.69, 9.17) is 4.98 Å². The molecule has 2 aromatic rings. The average Bonchev–Trinajstić information content (AvgIpc) is 2.68. The van der Waals surface area contributed by atoms with Crippen molar-refractivity contribution in [2.45, 2.75) is 46.0 Å². The van der Waals surface area contributed by atoms with Gasteiger partial charge in [-0.3, -0.25) is 4.98 Å². The van der Waals surface area contributed by atoms with Crippen molar-refractivity contribution >= 4 is 10.2 Å². The third kappa shape index (κ3) is 5.21. The van der Waals surface area contributed by atoms with Crippen LogP contribution in [0.15, 0.2) is 36.4 Å². The molecule has 1 saturated heterocycles. The third-order valence-corrected chi connectivity index (χ3v) is 7.64. The Kier molecular flexibility index (Phi) is 7.03. The van der Waals surface area contributed by atoms with Gasteiger partial charge in [-0.1, -0.05) is 26.0 Å². The molecule has 1 atom stereocenters. The molecule has 7 heteroatoms. The summed E-state index contributed by atoms with van der Waals surface area (Å²) in [7, 11) is -3.44. The van der Waals surface area contributed by atoms with Crippen LogP contribution in [0.3, 0.4) is 0 Å². The molecule has 2 heterocycles. The van der Waals surface area contributed by atoms with Crippen LogP contribution in [0.5, 0.6) is 0 Å².